The minimum atomic E-state index is 0.733. The Morgan fingerprint density at radius 2 is 1.86 bits per heavy atom. The lowest BCUT2D eigenvalue weighted by atomic mass is 9.99. The van der Waals surface area contributed by atoms with Crippen LogP contribution in [0.15, 0.2) is 30.3 Å². The van der Waals surface area contributed by atoms with Crippen molar-refractivity contribution in [2.75, 3.05) is 19.7 Å². The van der Waals surface area contributed by atoms with E-state index in [1.807, 2.05) is 30.3 Å². The number of para-hydroxylation sites is 1. The Kier molecular flexibility index (Phi) is 3.41. The summed E-state index contributed by atoms with van der Waals surface area (Å²) < 4.78 is 5.72. The monoisotopic (exact) mass is 191 g/mol. The molecule has 0 unspecified atom stereocenters. The van der Waals surface area contributed by atoms with Crippen molar-refractivity contribution in [2.24, 2.45) is 5.92 Å². The van der Waals surface area contributed by atoms with Gasteiger partial charge in [-0.1, -0.05) is 18.2 Å². The van der Waals surface area contributed by atoms with Crippen LogP contribution >= 0.6 is 0 Å². The Hall–Kier alpha value is -1.02. The van der Waals surface area contributed by atoms with Crippen LogP contribution in [0.5, 0.6) is 5.75 Å². The summed E-state index contributed by atoms with van der Waals surface area (Å²) in [6, 6.07) is 10.1. The largest absolute Gasteiger partial charge is 0.493 e. The average Bonchev–Trinajstić information content (AvgIpc) is 2.29. The van der Waals surface area contributed by atoms with Gasteiger partial charge in [-0.3, -0.25) is 0 Å². The molecule has 1 aromatic carbocycles. The van der Waals surface area contributed by atoms with Crippen LogP contribution in [0.2, 0.25) is 0 Å². The van der Waals surface area contributed by atoms with E-state index in [4.69, 9.17) is 4.74 Å². The second-order valence-corrected chi connectivity index (χ2v) is 3.82. The minimum Gasteiger partial charge on any atom is -0.493 e. The third-order valence-electron chi connectivity index (χ3n) is 2.69. The lowest BCUT2D eigenvalue weighted by molar-refractivity contribution is 0.215. The minimum absolute atomic E-state index is 0.733. The van der Waals surface area contributed by atoms with Crippen LogP contribution in [0.3, 0.4) is 0 Å². The predicted octanol–water partition coefficient (Wildman–Crippen LogP) is 2.06. The first-order valence-corrected chi connectivity index (χ1v) is 5.34. The molecule has 2 rings (SSSR count). The summed E-state index contributed by atoms with van der Waals surface area (Å²) in [6.07, 6.45) is 2.49. The van der Waals surface area contributed by atoms with Crippen molar-refractivity contribution in [3.63, 3.8) is 0 Å². The number of piperidine rings is 1. The highest BCUT2D eigenvalue weighted by molar-refractivity contribution is 5.20. The molecule has 0 bridgehead atoms. The molecule has 1 aromatic rings. The maximum Gasteiger partial charge on any atom is 0.119 e. The molecule has 0 atom stereocenters. The van der Waals surface area contributed by atoms with Crippen molar-refractivity contribution in [3.05, 3.63) is 30.3 Å². The molecule has 1 saturated heterocycles. The maximum atomic E-state index is 5.72. The van der Waals surface area contributed by atoms with Gasteiger partial charge in [0.2, 0.25) is 0 Å². The summed E-state index contributed by atoms with van der Waals surface area (Å²) in [5.41, 5.74) is 0. The Morgan fingerprint density at radius 3 is 2.57 bits per heavy atom. The molecule has 14 heavy (non-hydrogen) atoms. The predicted molar refractivity (Wildman–Crippen MR) is 57.5 cm³/mol. The van der Waals surface area contributed by atoms with E-state index in [0.29, 0.717) is 0 Å². The third-order valence-corrected chi connectivity index (χ3v) is 2.69. The van der Waals surface area contributed by atoms with Crippen LogP contribution in [0, 0.1) is 5.92 Å². The normalized spacial score (nSPS) is 18.0. The van der Waals surface area contributed by atoms with Crippen molar-refractivity contribution in [1.29, 1.82) is 0 Å². The van der Waals surface area contributed by atoms with Gasteiger partial charge in [-0.25, -0.2) is 0 Å². The summed E-state index contributed by atoms with van der Waals surface area (Å²) in [5, 5.41) is 3.36. The number of hydrogen-bond acceptors (Lipinski definition) is 2. The fraction of sp³-hybridized carbons (Fsp3) is 0.500. The van der Waals surface area contributed by atoms with Gasteiger partial charge in [0.15, 0.2) is 0 Å². The fourth-order valence-corrected chi connectivity index (χ4v) is 1.78. The highest BCUT2D eigenvalue weighted by atomic mass is 16.5. The Labute approximate surface area is 85.3 Å². The molecule has 1 aliphatic rings. The second-order valence-electron chi connectivity index (χ2n) is 3.82. The van der Waals surface area contributed by atoms with E-state index in [2.05, 4.69) is 5.32 Å². The number of benzene rings is 1. The third kappa shape index (κ3) is 2.74. The standard InChI is InChI=1S/C12H17NO/c1-2-4-12(5-3-1)14-10-11-6-8-13-9-7-11/h1-5,11,13H,6-10H2. The first-order chi connectivity index (χ1) is 6.95. The van der Waals surface area contributed by atoms with Gasteiger partial charge in [-0.05, 0) is 44.0 Å². The Morgan fingerprint density at radius 1 is 1.14 bits per heavy atom. The SMILES string of the molecule is c1ccc(OCC2CCNCC2)cc1. The van der Waals surface area contributed by atoms with Crippen molar-refractivity contribution in [3.8, 4) is 5.75 Å². The molecule has 76 valence electrons. The number of rotatable bonds is 3. The zero-order valence-electron chi connectivity index (χ0n) is 8.41. The molecule has 0 spiro atoms. The van der Waals surface area contributed by atoms with E-state index >= 15 is 0 Å². The molecule has 0 saturated carbocycles. The smallest absolute Gasteiger partial charge is 0.119 e. The first-order valence-electron chi connectivity index (χ1n) is 5.34. The molecule has 1 N–H and O–H groups in total. The molecule has 2 nitrogen and oxygen atoms in total. The fourth-order valence-electron chi connectivity index (χ4n) is 1.78. The van der Waals surface area contributed by atoms with Gasteiger partial charge in [0.05, 0.1) is 6.61 Å². The lowest BCUT2D eigenvalue weighted by Gasteiger charge is -2.22. The van der Waals surface area contributed by atoms with Crippen LogP contribution in [0.25, 0.3) is 0 Å². The summed E-state index contributed by atoms with van der Waals surface area (Å²) in [4.78, 5) is 0. The second kappa shape index (κ2) is 5.01. The summed E-state index contributed by atoms with van der Waals surface area (Å²) in [6.45, 7) is 3.15. The van der Waals surface area contributed by atoms with Crippen LogP contribution in [0.1, 0.15) is 12.8 Å². The molecule has 0 aromatic heterocycles. The van der Waals surface area contributed by atoms with E-state index in [1.165, 1.54) is 12.8 Å². The molecule has 0 radical (unpaired) electrons. The number of hydrogen-bond donors (Lipinski definition) is 1. The zero-order chi connectivity index (χ0) is 9.64. The maximum absolute atomic E-state index is 5.72. The van der Waals surface area contributed by atoms with Crippen LogP contribution in [-0.4, -0.2) is 19.7 Å². The average molecular weight is 191 g/mol. The van der Waals surface area contributed by atoms with E-state index < -0.39 is 0 Å². The Balaban J connectivity index is 1.76. The summed E-state index contributed by atoms with van der Waals surface area (Å²) in [5.74, 6) is 1.72. The molecule has 0 aliphatic carbocycles. The lowest BCUT2D eigenvalue weighted by Crippen LogP contribution is -2.30. The van der Waals surface area contributed by atoms with Gasteiger partial charge >= 0.3 is 0 Å². The van der Waals surface area contributed by atoms with Crippen LogP contribution in [0.4, 0.5) is 0 Å². The number of nitrogens with one attached hydrogen (secondary N) is 1. The van der Waals surface area contributed by atoms with Gasteiger partial charge in [0.1, 0.15) is 5.75 Å². The highest BCUT2D eigenvalue weighted by Crippen LogP contribution is 2.15. The van der Waals surface area contributed by atoms with Gasteiger partial charge in [0, 0.05) is 0 Å². The van der Waals surface area contributed by atoms with E-state index in [-0.39, 0.29) is 0 Å². The van der Waals surface area contributed by atoms with E-state index in [9.17, 15) is 0 Å². The zero-order valence-corrected chi connectivity index (χ0v) is 8.41. The Bertz CT molecular complexity index is 254. The van der Waals surface area contributed by atoms with Gasteiger partial charge in [-0.15, -0.1) is 0 Å². The summed E-state index contributed by atoms with van der Waals surface area (Å²) in [7, 11) is 0. The molecule has 1 aliphatic heterocycles. The van der Waals surface area contributed by atoms with E-state index in [0.717, 1.165) is 31.4 Å². The van der Waals surface area contributed by atoms with Crippen molar-refractivity contribution in [1.82, 2.24) is 5.32 Å². The van der Waals surface area contributed by atoms with Crippen LogP contribution in [-0.2, 0) is 0 Å². The van der Waals surface area contributed by atoms with Gasteiger partial charge in [-0.2, -0.15) is 0 Å². The van der Waals surface area contributed by atoms with Crippen molar-refractivity contribution >= 4 is 0 Å². The van der Waals surface area contributed by atoms with Crippen molar-refractivity contribution < 1.29 is 4.74 Å². The van der Waals surface area contributed by atoms with Crippen molar-refractivity contribution in [2.45, 2.75) is 12.8 Å². The van der Waals surface area contributed by atoms with Gasteiger partial charge in [0.25, 0.3) is 0 Å². The molecule has 1 fully saturated rings. The molecule has 0 amide bonds. The van der Waals surface area contributed by atoms with E-state index in [1.54, 1.807) is 0 Å². The highest BCUT2D eigenvalue weighted by Gasteiger charge is 2.13. The topological polar surface area (TPSA) is 21.3 Å². The molecule has 1 heterocycles. The quantitative estimate of drug-likeness (QED) is 0.789. The molecule has 2 heteroatoms. The summed E-state index contributed by atoms with van der Waals surface area (Å²) >= 11 is 0. The van der Waals surface area contributed by atoms with Gasteiger partial charge < -0.3 is 10.1 Å². The van der Waals surface area contributed by atoms with Crippen LogP contribution < -0.4 is 10.1 Å². The number of ether oxygens (including phenoxy) is 1. The first kappa shape index (κ1) is 9.53. The molecular weight excluding hydrogens is 174 g/mol. The molecular formula is C12H17NO.